The summed E-state index contributed by atoms with van der Waals surface area (Å²) in [5.74, 6) is 1.40. The van der Waals surface area contributed by atoms with Crippen molar-refractivity contribution >= 4 is 15.7 Å². The van der Waals surface area contributed by atoms with Crippen LogP contribution in [0.2, 0.25) is 0 Å². The van der Waals surface area contributed by atoms with Gasteiger partial charge in [-0.2, -0.15) is 4.31 Å². The Labute approximate surface area is 191 Å². The van der Waals surface area contributed by atoms with Crippen LogP contribution in [0.1, 0.15) is 61.6 Å². The molecule has 2 aliphatic carbocycles. The first kappa shape index (κ1) is 21.5. The zero-order chi connectivity index (χ0) is 22.3. The van der Waals surface area contributed by atoms with Gasteiger partial charge in [-0.05, 0) is 55.0 Å². The van der Waals surface area contributed by atoms with Crippen LogP contribution in [0.25, 0.3) is 0 Å². The lowest BCUT2D eigenvalue weighted by Gasteiger charge is -2.38. The standard InChI is InChI=1S/C26H32N2O3S/c1-28(18-9-4-3-5-10-18)32(29,30)19-15-16-24-23(17-19)20-12-8-13-21(20)26(27-24)22-11-6-7-14-25(22)31-2/h6-8,11-12,14-18,20-21,26-27H,3-5,9-10,13H2,1-2H3. The molecule has 1 heterocycles. The van der Waals surface area contributed by atoms with E-state index >= 15 is 0 Å². The number of ether oxygens (including phenoxy) is 1. The lowest BCUT2D eigenvalue weighted by molar-refractivity contribution is 0.286. The summed E-state index contributed by atoms with van der Waals surface area (Å²) in [6.07, 6.45) is 10.8. The third-order valence-electron chi connectivity index (χ3n) is 7.57. The molecule has 32 heavy (non-hydrogen) atoms. The van der Waals surface area contributed by atoms with Crippen LogP contribution < -0.4 is 10.1 Å². The Balaban J connectivity index is 1.49. The molecule has 3 aliphatic rings. The minimum Gasteiger partial charge on any atom is -0.496 e. The molecule has 0 spiro atoms. The second-order valence-corrected chi connectivity index (χ2v) is 11.3. The molecule has 6 heteroatoms. The van der Waals surface area contributed by atoms with E-state index in [1.165, 1.54) is 6.42 Å². The molecule has 0 bridgehead atoms. The Morgan fingerprint density at radius 1 is 1.03 bits per heavy atom. The second-order valence-electron chi connectivity index (χ2n) is 9.28. The van der Waals surface area contributed by atoms with Crippen molar-refractivity contribution in [2.45, 2.75) is 61.4 Å². The number of sulfonamides is 1. The highest BCUT2D eigenvalue weighted by molar-refractivity contribution is 7.89. The fourth-order valence-electron chi connectivity index (χ4n) is 5.77. The van der Waals surface area contributed by atoms with Gasteiger partial charge in [0.25, 0.3) is 0 Å². The maximum absolute atomic E-state index is 13.4. The van der Waals surface area contributed by atoms with Crippen molar-refractivity contribution in [2.75, 3.05) is 19.5 Å². The predicted molar refractivity (Wildman–Crippen MR) is 128 cm³/mol. The Hall–Kier alpha value is -2.31. The van der Waals surface area contributed by atoms with E-state index in [0.29, 0.717) is 10.8 Å². The number of benzene rings is 2. The molecule has 0 aromatic heterocycles. The normalized spacial score (nSPS) is 25.3. The first-order chi connectivity index (χ1) is 15.5. The van der Waals surface area contributed by atoms with Crippen molar-refractivity contribution in [1.29, 1.82) is 0 Å². The number of fused-ring (bicyclic) bond motifs is 3. The largest absolute Gasteiger partial charge is 0.496 e. The number of anilines is 1. The van der Waals surface area contributed by atoms with E-state index in [4.69, 9.17) is 4.74 Å². The topological polar surface area (TPSA) is 58.6 Å². The zero-order valence-electron chi connectivity index (χ0n) is 18.8. The van der Waals surface area contributed by atoms with Gasteiger partial charge in [0.2, 0.25) is 10.0 Å². The number of hydrogen-bond donors (Lipinski definition) is 1. The van der Waals surface area contributed by atoms with Gasteiger partial charge in [-0.3, -0.25) is 0 Å². The van der Waals surface area contributed by atoms with E-state index in [0.717, 1.165) is 54.7 Å². The van der Waals surface area contributed by atoms with Crippen LogP contribution in [-0.4, -0.2) is 32.9 Å². The van der Waals surface area contributed by atoms with Gasteiger partial charge in [-0.1, -0.05) is 49.6 Å². The Morgan fingerprint density at radius 3 is 2.59 bits per heavy atom. The molecule has 0 radical (unpaired) electrons. The number of nitrogens with one attached hydrogen (secondary N) is 1. The molecule has 0 amide bonds. The summed E-state index contributed by atoms with van der Waals surface area (Å²) in [7, 11) is -0.0584. The molecule has 1 fully saturated rings. The van der Waals surface area contributed by atoms with Crippen LogP contribution in [0.15, 0.2) is 59.5 Å². The van der Waals surface area contributed by atoms with E-state index < -0.39 is 10.0 Å². The highest BCUT2D eigenvalue weighted by Gasteiger charge is 2.40. The van der Waals surface area contributed by atoms with Crippen molar-refractivity contribution < 1.29 is 13.2 Å². The molecule has 3 unspecified atom stereocenters. The van der Waals surface area contributed by atoms with Gasteiger partial charge in [0.05, 0.1) is 18.0 Å². The first-order valence-corrected chi connectivity index (χ1v) is 13.1. The van der Waals surface area contributed by atoms with E-state index in [1.807, 2.05) is 30.3 Å². The molecule has 5 rings (SSSR count). The fraction of sp³-hybridized carbons (Fsp3) is 0.462. The van der Waals surface area contributed by atoms with Gasteiger partial charge in [0, 0.05) is 30.3 Å². The summed E-state index contributed by atoms with van der Waals surface area (Å²) in [5.41, 5.74) is 3.23. The molecule has 3 atom stereocenters. The van der Waals surface area contributed by atoms with E-state index in [-0.39, 0.29) is 18.0 Å². The molecule has 170 valence electrons. The molecular formula is C26H32N2O3S. The molecule has 2 aromatic rings. The van der Waals surface area contributed by atoms with Crippen LogP contribution in [0, 0.1) is 5.92 Å². The van der Waals surface area contributed by atoms with Gasteiger partial charge >= 0.3 is 0 Å². The summed E-state index contributed by atoms with van der Waals surface area (Å²) in [4.78, 5) is 0.404. The van der Waals surface area contributed by atoms with Crippen molar-refractivity contribution in [3.05, 3.63) is 65.7 Å². The van der Waals surface area contributed by atoms with Gasteiger partial charge < -0.3 is 10.1 Å². The van der Waals surface area contributed by atoms with Crippen LogP contribution in [-0.2, 0) is 10.0 Å². The Morgan fingerprint density at radius 2 is 1.81 bits per heavy atom. The Bertz CT molecular complexity index is 1120. The Kier molecular flexibility index (Phi) is 5.76. The zero-order valence-corrected chi connectivity index (χ0v) is 19.6. The lowest BCUT2D eigenvalue weighted by Crippen LogP contribution is -2.38. The minimum absolute atomic E-state index is 0.108. The molecule has 0 saturated heterocycles. The van der Waals surface area contributed by atoms with Crippen molar-refractivity contribution in [3.8, 4) is 5.75 Å². The molecule has 1 saturated carbocycles. The van der Waals surface area contributed by atoms with E-state index in [1.54, 1.807) is 24.5 Å². The van der Waals surface area contributed by atoms with Crippen molar-refractivity contribution in [1.82, 2.24) is 4.31 Å². The third-order valence-corrected chi connectivity index (χ3v) is 9.48. The van der Waals surface area contributed by atoms with Crippen LogP contribution in [0.4, 0.5) is 5.69 Å². The molecule has 1 N–H and O–H groups in total. The molecule has 5 nitrogen and oxygen atoms in total. The number of allylic oxidation sites excluding steroid dienone is 2. The maximum atomic E-state index is 13.4. The number of nitrogens with zero attached hydrogens (tertiary/aromatic N) is 1. The minimum atomic E-state index is -3.52. The van der Waals surface area contributed by atoms with Gasteiger partial charge in [0.15, 0.2) is 0 Å². The van der Waals surface area contributed by atoms with Gasteiger partial charge in [-0.15, -0.1) is 0 Å². The average Bonchev–Trinajstić information content (AvgIpc) is 3.33. The molecule has 2 aromatic carbocycles. The molecule has 1 aliphatic heterocycles. The summed E-state index contributed by atoms with van der Waals surface area (Å²) < 4.78 is 34.2. The molecular weight excluding hydrogens is 420 g/mol. The van der Waals surface area contributed by atoms with E-state index in [9.17, 15) is 8.42 Å². The fourth-order valence-corrected chi connectivity index (χ4v) is 7.22. The quantitative estimate of drug-likeness (QED) is 0.611. The van der Waals surface area contributed by atoms with Crippen LogP contribution in [0.3, 0.4) is 0 Å². The van der Waals surface area contributed by atoms with Gasteiger partial charge in [0.1, 0.15) is 5.75 Å². The first-order valence-electron chi connectivity index (χ1n) is 11.7. The summed E-state index contributed by atoms with van der Waals surface area (Å²) in [6.45, 7) is 0. The van der Waals surface area contributed by atoms with Crippen LogP contribution in [0.5, 0.6) is 5.75 Å². The summed E-state index contributed by atoms with van der Waals surface area (Å²) in [5, 5.41) is 3.70. The average molecular weight is 453 g/mol. The highest BCUT2D eigenvalue weighted by Crippen LogP contribution is 2.51. The smallest absolute Gasteiger partial charge is 0.243 e. The maximum Gasteiger partial charge on any atom is 0.243 e. The second kappa shape index (κ2) is 8.56. The van der Waals surface area contributed by atoms with Gasteiger partial charge in [-0.25, -0.2) is 8.42 Å². The van der Waals surface area contributed by atoms with Crippen molar-refractivity contribution in [2.24, 2.45) is 5.92 Å². The van der Waals surface area contributed by atoms with Crippen LogP contribution >= 0.6 is 0 Å². The number of methoxy groups -OCH3 is 1. The SMILES string of the molecule is COc1ccccc1C1Nc2ccc(S(=O)(=O)N(C)C3CCCCC3)cc2C2C=CCC21. The highest BCUT2D eigenvalue weighted by atomic mass is 32.2. The predicted octanol–water partition coefficient (Wildman–Crippen LogP) is 5.47. The number of hydrogen-bond acceptors (Lipinski definition) is 4. The monoisotopic (exact) mass is 452 g/mol. The third kappa shape index (κ3) is 3.63. The summed E-state index contributed by atoms with van der Waals surface area (Å²) in [6, 6.07) is 14.0. The van der Waals surface area contributed by atoms with E-state index in [2.05, 4.69) is 23.5 Å². The van der Waals surface area contributed by atoms with Crippen molar-refractivity contribution in [3.63, 3.8) is 0 Å². The summed E-state index contributed by atoms with van der Waals surface area (Å²) >= 11 is 0. The number of para-hydroxylation sites is 1. The number of rotatable bonds is 5. The lowest BCUT2D eigenvalue weighted by atomic mass is 9.77.